The summed E-state index contributed by atoms with van der Waals surface area (Å²) in [5.74, 6) is -5.79. The molecule has 0 radical (unpaired) electrons. The van der Waals surface area contributed by atoms with E-state index in [0.717, 1.165) is 0 Å². The zero-order valence-electron chi connectivity index (χ0n) is 30.4. The highest BCUT2D eigenvalue weighted by molar-refractivity contribution is 6.43. The predicted octanol–water partition coefficient (Wildman–Crippen LogP) is -3.79. The minimum absolute atomic E-state index is 0.0945. The maximum absolute atomic E-state index is 13.2. The number of nitrogens with zero attached hydrogens (tertiary/aromatic N) is 5. The molecule has 3 aliphatic rings. The monoisotopic (exact) mass is 739 g/mol. The summed E-state index contributed by atoms with van der Waals surface area (Å²) < 4.78 is 10.1. The third-order valence-corrected chi connectivity index (χ3v) is 9.53. The Balaban J connectivity index is 1.59. The molecule has 20 heteroatoms. The summed E-state index contributed by atoms with van der Waals surface area (Å²) >= 11 is 0. The molecule has 0 aromatic heterocycles. The van der Waals surface area contributed by atoms with E-state index in [1.165, 1.54) is 11.8 Å². The first-order valence-electron chi connectivity index (χ1n) is 17.8. The lowest BCUT2D eigenvalue weighted by Crippen LogP contribution is -2.53. The van der Waals surface area contributed by atoms with E-state index in [9.17, 15) is 48.7 Å². The Morgan fingerprint density at radius 3 is 1.87 bits per heavy atom. The van der Waals surface area contributed by atoms with Crippen LogP contribution in [0.3, 0.4) is 0 Å². The van der Waals surface area contributed by atoms with Crippen LogP contribution in [0.15, 0.2) is 0 Å². The van der Waals surface area contributed by atoms with Gasteiger partial charge >= 0.3 is 25.0 Å². The minimum atomic E-state index is -1.68. The van der Waals surface area contributed by atoms with Gasteiger partial charge in [0.05, 0.1) is 38.7 Å². The number of nitrogens with one attached hydrogen (secondary N) is 2. The summed E-state index contributed by atoms with van der Waals surface area (Å²) in [5.41, 5.74) is 0. The summed E-state index contributed by atoms with van der Waals surface area (Å²) in [6.07, 6.45) is 0.876. The highest BCUT2D eigenvalue weighted by Crippen LogP contribution is 2.20. The SMILES string of the molecule is CC(C)[C@H](CC(=O)CNC(=O)CN1CCN2CCN(CC(=O)O)CCN(CC1)CC(=O)OCOC(=O)C2)C(=O)N[C@H](C)C(=O)N1CCC[C@H]1B(O)O. The normalized spacial score (nSPS) is 24.0. The number of carboxylic acid groups (broad SMARTS) is 1. The maximum atomic E-state index is 13.2. The van der Waals surface area contributed by atoms with Crippen molar-refractivity contribution in [1.29, 1.82) is 0 Å². The number of carboxylic acids is 1. The van der Waals surface area contributed by atoms with Gasteiger partial charge in [-0.2, -0.15) is 0 Å². The lowest BCUT2D eigenvalue weighted by Gasteiger charge is -2.33. The molecular formula is C32H54BN7O12. The van der Waals surface area contributed by atoms with Crippen molar-refractivity contribution in [3.8, 4) is 0 Å². The number of likely N-dealkylation sites (tertiary alicyclic amines) is 1. The van der Waals surface area contributed by atoms with E-state index in [-0.39, 0.29) is 50.8 Å². The number of esters is 2. The van der Waals surface area contributed by atoms with Crippen molar-refractivity contribution < 1.29 is 58.2 Å². The van der Waals surface area contributed by atoms with Crippen LogP contribution in [0.25, 0.3) is 0 Å². The molecule has 3 saturated heterocycles. The molecule has 2 bridgehead atoms. The van der Waals surface area contributed by atoms with Gasteiger partial charge in [0, 0.05) is 71.2 Å². The topological polar surface area (TPSA) is 239 Å². The fourth-order valence-electron chi connectivity index (χ4n) is 6.43. The van der Waals surface area contributed by atoms with Gasteiger partial charge in [0.15, 0.2) is 5.78 Å². The van der Waals surface area contributed by atoms with Gasteiger partial charge in [-0.15, -0.1) is 0 Å². The highest BCUT2D eigenvalue weighted by atomic mass is 16.7. The number of rotatable bonds is 13. The molecule has 0 spiro atoms. The van der Waals surface area contributed by atoms with Crippen LogP contribution in [-0.4, -0.2) is 199 Å². The largest absolute Gasteiger partial charge is 0.480 e. The van der Waals surface area contributed by atoms with Crippen LogP contribution in [0.4, 0.5) is 0 Å². The fraction of sp³-hybridized carbons (Fsp3) is 0.781. The molecular weight excluding hydrogens is 685 g/mol. The number of carbonyl (C=O) groups is 7. The van der Waals surface area contributed by atoms with E-state index in [1.54, 1.807) is 28.5 Å². The van der Waals surface area contributed by atoms with E-state index < -0.39 is 67.4 Å². The van der Waals surface area contributed by atoms with Crippen LogP contribution >= 0.6 is 0 Å². The van der Waals surface area contributed by atoms with Crippen LogP contribution in [0.1, 0.15) is 40.0 Å². The molecule has 0 aromatic carbocycles. The highest BCUT2D eigenvalue weighted by Gasteiger charge is 2.39. The molecule has 292 valence electrons. The zero-order valence-corrected chi connectivity index (χ0v) is 30.4. The average Bonchev–Trinajstić information content (AvgIpc) is 3.57. The third kappa shape index (κ3) is 14.4. The van der Waals surface area contributed by atoms with E-state index >= 15 is 0 Å². The first-order chi connectivity index (χ1) is 24.6. The molecule has 19 nitrogen and oxygen atoms in total. The minimum Gasteiger partial charge on any atom is -0.480 e. The number of Topliss-reactive ketones (excluding diaryl/α,β-unsaturated/α-hetero) is 1. The van der Waals surface area contributed by atoms with Gasteiger partial charge in [0.25, 0.3) is 0 Å². The van der Waals surface area contributed by atoms with Crippen molar-refractivity contribution in [2.45, 2.75) is 52.0 Å². The standard InChI is InChI=1S/C32H54BN7O12/c1-22(2)25(31(47)35-23(3)32(48)40-6-4-5-26(40)33(49)50)15-24(41)16-34-27(42)17-36-7-11-38-13-9-37(18-28(43)44)10-14-39(12-8-36)20-30(46)52-21-51-29(45)19-38/h22-23,25-26,49-50H,4-21H2,1-3H3,(H,34,42)(H,35,47)(H,43,44)/t23-,25+,26+/m1/s1. The molecule has 3 aliphatic heterocycles. The number of carbonyl (C=O) groups excluding carboxylic acids is 6. The first-order valence-corrected chi connectivity index (χ1v) is 17.8. The molecule has 3 rings (SSSR count). The number of aliphatic carboxylic acids is 1. The van der Waals surface area contributed by atoms with Crippen molar-refractivity contribution >= 4 is 48.5 Å². The Labute approximate surface area is 304 Å². The van der Waals surface area contributed by atoms with Gasteiger partial charge in [0.2, 0.25) is 24.5 Å². The number of hydrogen-bond acceptors (Lipinski definition) is 15. The molecule has 5 atom stereocenters. The summed E-state index contributed by atoms with van der Waals surface area (Å²) in [4.78, 5) is 97.1. The van der Waals surface area contributed by atoms with Crippen molar-refractivity contribution in [3.05, 3.63) is 0 Å². The van der Waals surface area contributed by atoms with Gasteiger partial charge in [-0.25, -0.2) is 0 Å². The number of ether oxygens (including phenoxy) is 2. The van der Waals surface area contributed by atoms with E-state index in [2.05, 4.69) is 10.6 Å². The summed E-state index contributed by atoms with van der Waals surface area (Å²) in [7, 11) is -1.68. The molecule has 3 amide bonds. The van der Waals surface area contributed by atoms with Gasteiger partial charge in [-0.3, -0.25) is 53.2 Å². The molecule has 2 unspecified atom stereocenters. The van der Waals surface area contributed by atoms with Crippen LogP contribution in [0.2, 0.25) is 0 Å². The van der Waals surface area contributed by atoms with E-state index in [4.69, 9.17) is 9.47 Å². The Hall–Kier alpha value is -3.69. The van der Waals surface area contributed by atoms with E-state index in [0.29, 0.717) is 71.7 Å². The maximum Gasteiger partial charge on any atom is 0.475 e. The molecule has 3 fully saturated rings. The quantitative estimate of drug-likeness (QED) is 0.0692. The molecule has 0 saturated carbocycles. The van der Waals surface area contributed by atoms with Crippen LogP contribution in [0.5, 0.6) is 0 Å². The van der Waals surface area contributed by atoms with Crippen LogP contribution in [0, 0.1) is 11.8 Å². The second-order valence-electron chi connectivity index (χ2n) is 13.9. The number of cyclic esters (lactones) is 2. The second-order valence-corrected chi connectivity index (χ2v) is 13.9. The lowest BCUT2D eigenvalue weighted by molar-refractivity contribution is -0.169. The summed E-state index contributed by atoms with van der Waals surface area (Å²) in [6.45, 7) is 6.74. The van der Waals surface area contributed by atoms with Gasteiger partial charge in [-0.05, 0) is 25.7 Å². The molecule has 0 aliphatic carbocycles. The Bertz CT molecular complexity index is 1240. The van der Waals surface area contributed by atoms with Crippen molar-refractivity contribution in [2.24, 2.45) is 11.8 Å². The van der Waals surface area contributed by atoms with Gasteiger partial charge < -0.3 is 40.2 Å². The molecule has 52 heavy (non-hydrogen) atoms. The number of amides is 3. The molecule has 0 aromatic rings. The Morgan fingerprint density at radius 2 is 1.37 bits per heavy atom. The van der Waals surface area contributed by atoms with Gasteiger partial charge in [0.1, 0.15) is 6.04 Å². The van der Waals surface area contributed by atoms with Gasteiger partial charge in [-0.1, -0.05) is 13.8 Å². The Morgan fingerprint density at radius 1 is 0.827 bits per heavy atom. The average molecular weight is 740 g/mol. The molecule has 3 heterocycles. The fourth-order valence-corrected chi connectivity index (χ4v) is 6.43. The molecule has 5 N–H and O–H groups in total. The number of hydrogen-bond donors (Lipinski definition) is 5. The zero-order chi connectivity index (χ0) is 38.4. The third-order valence-electron chi connectivity index (χ3n) is 9.53. The van der Waals surface area contributed by atoms with Crippen molar-refractivity contribution in [2.75, 3.05) is 98.4 Å². The predicted molar refractivity (Wildman–Crippen MR) is 184 cm³/mol. The van der Waals surface area contributed by atoms with E-state index in [1.807, 2.05) is 4.90 Å². The van der Waals surface area contributed by atoms with Crippen molar-refractivity contribution in [3.63, 3.8) is 0 Å². The number of ketones is 1. The summed E-state index contributed by atoms with van der Waals surface area (Å²) in [5, 5.41) is 33.9. The smallest absolute Gasteiger partial charge is 0.475 e. The lowest BCUT2D eigenvalue weighted by atomic mass is 9.78. The van der Waals surface area contributed by atoms with Crippen molar-refractivity contribution in [1.82, 2.24) is 35.1 Å². The van der Waals surface area contributed by atoms with Crippen LogP contribution < -0.4 is 10.6 Å². The first kappa shape index (κ1) is 42.7. The second kappa shape index (κ2) is 21.1. The number of fused-ring (bicyclic) bond motifs is 6. The Kier molecular flexibility index (Phi) is 17.4. The summed E-state index contributed by atoms with van der Waals surface area (Å²) in [6, 6.07) is -0.947. The van der Waals surface area contributed by atoms with Crippen LogP contribution in [-0.2, 0) is 43.0 Å².